The molecule has 2 aromatic rings. The van der Waals surface area contributed by atoms with Gasteiger partial charge in [-0.05, 0) is 23.8 Å². The Balaban J connectivity index is 1.86. The molecule has 0 saturated carbocycles. The largest absolute Gasteiger partial charge is 0.497 e. The monoisotopic (exact) mass is 313 g/mol. The number of benzene rings is 2. The van der Waals surface area contributed by atoms with Crippen LogP contribution in [0.15, 0.2) is 54.6 Å². The van der Waals surface area contributed by atoms with Gasteiger partial charge < -0.3 is 14.2 Å². The van der Waals surface area contributed by atoms with Crippen molar-refractivity contribution in [1.82, 2.24) is 0 Å². The molecule has 0 heterocycles. The zero-order chi connectivity index (χ0) is 16.5. The maximum atomic E-state index is 11.8. The van der Waals surface area contributed by atoms with Crippen molar-refractivity contribution >= 4 is 17.9 Å². The molecule has 0 fully saturated rings. The van der Waals surface area contributed by atoms with E-state index in [2.05, 4.69) is 5.32 Å². The Morgan fingerprint density at radius 3 is 2.57 bits per heavy atom. The molecule has 120 valence electrons. The smallest absolute Gasteiger partial charge is 0.412 e. The van der Waals surface area contributed by atoms with Crippen LogP contribution in [-0.2, 0) is 4.74 Å². The molecule has 0 spiro atoms. The second-order valence-electron chi connectivity index (χ2n) is 4.60. The van der Waals surface area contributed by atoms with Crippen LogP contribution in [0, 0.1) is 0 Å². The second-order valence-corrected chi connectivity index (χ2v) is 4.60. The number of rotatable bonds is 6. The third kappa shape index (κ3) is 5.07. The van der Waals surface area contributed by atoms with E-state index < -0.39 is 6.09 Å². The summed E-state index contributed by atoms with van der Waals surface area (Å²) < 4.78 is 15.4. The first-order valence-corrected chi connectivity index (χ1v) is 7.10. The number of hydrogen-bond acceptors (Lipinski definition) is 4. The van der Waals surface area contributed by atoms with Crippen molar-refractivity contribution in [3.05, 3.63) is 60.2 Å². The Hall–Kier alpha value is -2.95. The molecule has 23 heavy (non-hydrogen) atoms. The van der Waals surface area contributed by atoms with Gasteiger partial charge in [-0.25, -0.2) is 4.79 Å². The number of methoxy groups -OCH3 is 2. The summed E-state index contributed by atoms with van der Waals surface area (Å²) in [7, 11) is 3.09. The molecule has 0 aliphatic heterocycles. The van der Waals surface area contributed by atoms with Crippen LogP contribution in [0.1, 0.15) is 5.56 Å². The molecule has 0 saturated heterocycles. The first kappa shape index (κ1) is 16.4. The predicted octanol–water partition coefficient (Wildman–Crippen LogP) is 3.97. The van der Waals surface area contributed by atoms with Crippen molar-refractivity contribution in [2.45, 2.75) is 0 Å². The highest BCUT2D eigenvalue weighted by Gasteiger charge is 2.09. The first-order valence-electron chi connectivity index (χ1n) is 7.10. The van der Waals surface area contributed by atoms with Crippen LogP contribution in [0.3, 0.4) is 0 Å². The Labute approximate surface area is 135 Å². The van der Waals surface area contributed by atoms with Crippen molar-refractivity contribution in [3.63, 3.8) is 0 Å². The fourth-order valence-electron chi connectivity index (χ4n) is 1.92. The summed E-state index contributed by atoms with van der Waals surface area (Å²) in [6, 6.07) is 14.9. The van der Waals surface area contributed by atoms with Gasteiger partial charge in [-0.1, -0.05) is 36.4 Å². The number of hydrogen-bond donors (Lipinski definition) is 1. The Morgan fingerprint density at radius 1 is 1.09 bits per heavy atom. The normalized spacial score (nSPS) is 10.3. The van der Waals surface area contributed by atoms with Crippen LogP contribution >= 0.6 is 0 Å². The van der Waals surface area contributed by atoms with Crippen LogP contribution in [0.2, 0.25) is 0 Å². The molecule has 0 radical (unpaired) electrons. The van der Waals surface area contributed by atoms with Crippen molar-refractivity contribution in [1.29, 1.82) is 0 Å². The second kappa shape index (κ2) is 8.48. The molecule has 2 aromatic carbocycles. The SMILES string of the molecule is COc1ccc(NC(=O)OC/C=C/c2ccccc2)c(OC)c1. The highest BCUT2D eigenvalue weighted by molar-refractivity contribution is 5.87. The molecule has 1 N–H and O–H groups in total. The fraction of sp³-hybridized carbons (Fsp3) is 0.167. The number of carbonyl (C=O) groups excluding carboxylic acids is 1. The van der Waals surface area contributed by atoms with Gasteiger partial charge in [0.25, 0.3) is 0 Å². The number of nitrogens with one attached hydrogen (secondary N) is 1. The van der Waals surface area contributed by atoms with E-state index in [1.807, 2.05) is 36.4 Å². The van der Waals surface area contributed by atoms with Crippen LogP contribution in [0.4, 0.5) is 10.5 Å². The maximum Gasteiger partial charge on any atom is 0.412 e. The predicted molar refractivity (Wildman–Crippen MR) is 90.0 cm³/mol. The van der Waals surface area contributed by atoms with Gasteiger partial charge >= 0.3 is 6.09 Å². The summed E-state index contributed by atoms with van der Waals surface area (Å²) in [5, 5.41) is 2.64. The van der Waals surface area contributed by atoms with Gasteiger partial charge in [-0.3, -0.25) is 5.32 Å². The Morgan fingerprint density at radius 2 is 1.87 bits per heavy atom. The molecule has 2 rings (SSSR count). The minimum absolute atomic E-state index is 0.180. The standard InChI is InChI=1S/C18H19NO4/c1-21-15-10-11-16(17(13-15)22-2)19-18(20)23-12-6-9-14-7-4-3-5-8-14/h3-11,13H,12H2,1-2H3,(H,19,20)/b9-6+. The zero-order valence-electron chi connectivity index (χ0n) is 13.1. The molecule has 0 unspecified atom stereocenters. The maximum absolute atomic E-state index is 11.8. The van der Waals surface area contributed by atoms with Crippen molar-refractivity contribution in [2.75, 3.05) is 26.1 Å². The summed E-state index contributed by atoms with van der Waals surface area (Å²) in [4.78, 5) is 11.8. The molecule has 1 amide bonds. The third-order valence-electron chi connectivity index (χ3n) is 3.07. The molecule has 0 atom stereocenters. The first-order chi connectivity index (χ1) is 11.2. The van der Waals surface area contributed by atoms with E-state index in [1.165, 1.54) is 7.11 Å². The number of ether oxygens (including phenoxy) is 3. The average Bonchev–Trinajstić information content (AvgIpc) is 2.60. The summed E-state index contributed by atoms with van der Waals surface area (Å²) in [5.74, 6) is 1.15. The van der Waals surface area contributed by atoms with Gasteiger partial charge in [0.15, 0.2) is 0 Å². The highest BCUT2D eigenvalue weighted by atomic mass is 16.5. The van der Waals surface area contributed by atoms with E-state index in [9.17, 15) is 4.79 Å². The number of anilines is 1. The molecular formula is C18H19NO4. The zero-order valence-corrected chi connectivity index (χ0v) is 13.1. The van der Waals surface area contributed by atoms with Gasteiger partial charge in [0, 0.05) is 6.07 Å². The van der Waals surface area contributed by atoms with Crippen LogP contribution in [0.25, 0.3) is 6.08 Å². The van der Waals surface area contributed by atoms with E-state index in [1.54, 1.807) is 31.4 Å². The van der Waals surface area contributed by atoms with Gasteiger partial charge in [0.05, 0.1) is 19.9 Å². The average molecular weight is 313 g/mol. The lowest BCUT2D eigenvalue weighted by atomic mass is 10.2. The molecule has 5 heteroatoms. The van der Waals surface area contributed by atoms with Crippen LogP contribution < -0.4 is 14.8 Å². The van der Waals surface area contributed by atoms with Crippen molar-refractivity contribution in [3.8, 4) is 11.5 Å². The van der Waals surface area contributed by atoms with E-state index in [-0.39, 0.29) is 6.61 Å². The van der Waals surface area contributed by atoms with Gasteiger partial charge in [0.1, 0.15) is 18.1 Å². The molecule has 5 nitrogen and oxygen atoms in total. The molecule has 0 bridgehead atoms. The fourth-order valence-corrected chi connectivity index (χ4v) is 1.92. The van der Waals surface area contributed by atoms with Gasteiger partial charge in [-0.15, -0.1) is 0 Å². The van der Waals surface area contributed by atoms with Crippen molar-refractivity contribution < 1.29 is 19.0 Å². The number of amides is 1. The van der Waals surface area contributed by atoms with Crippen molar-refractivity contribution in [2.24, 2.45) is 0 Å². The Kier molecular flexibility index (Phi) is 6.06. The number of carbonyl (C=O) groups is 1. The summed E-state index contributed by atoms with van der Waals surface area (Å²) >= 11 is 0. The Bertz CT molecular complexity index is 668. The quantitative estimate of drug-likeness (QED) is 0.877. The minimum atomic E-state index is -0.550. The van der Waals surface area contributed by atoms with Gasteiger partial charge in [-0.2, -0.15) is 0 Å². The van der Waals surface area contributed by atoms with Crippen LogP contribution in [-0.4, -0.2) is 26.9 Å². The lowest BCUT2D eigenvalue weighted by Crippen LogP contribution is -2.14. The summed E-state index contributed by atoms with van der Waals surface area (Å²) in [5.41, 5.74) is 1.57. The summed E-state index contributed by atoms with van der Waals surface area (Å²) in [6.45, 7) is 0.180. The van der Waals surface area contributed by atoms with E-state index in [4.69, 9.17) is 14.2 Å². The lowest BCUT2D eigenvalue weighted by molar-refractivity contribution is 0.174. The topological polar surface area (TPSA) is 56.8 Å². The van der Waals surface area contributed by atoms with Crippen LogP contribution in [0.5, 0.6) is 11.5 Å². The lowest BCUT2D eigenvalue weighted by Gasteiger charge is -2.11. The van der Waals surface area contributed by atoms with E-state index in [0.29, 0.717) is 17.2 Å². The molecule has 0 aromatic heterocycles. The highest BCUT2D eigenvalue weighted by Crippen LogP contribution is 2.29. The molecule has 0 aliphatic rings. The van der Waals surface area contributed by atoms with E-state index in [0.717, 1.165) is 5.56 Å². The van der Waals surface area contributed by atoms with E-state index >= 15 is 0 Å². The molecular weight excluding hydrogens is 294 g/mol. The van der Waals surface area contributed by atoms with Gasteiger partial charge in [0.2, 0.25) is 0 Å². The molecule has 0 aliphatic carbocycles. The minimum Gasteiger partial charge on any atom is -0.497 e. The third-order valence-corrected chi connectivity index (χ3v) is 3.07. The summed E-state index contributed by atoms with van der Waals surface area (Å²) in [6.07, 6.45) is 3.12.